The Kier molecular flexibility index (Phi) is 1.50. The minimum absolute atomic E-state index is 0.257. The molecule has 2 nitrogen and oxygen atoms in total. The van der Waals surface area contributed by atoms with Gasteiger partial charge in [-0.05, 0) is 12.8 Å². The molecule has 60 valence electrons. The summed E-state index contributed by atoms with van der Waals surface area (Å²) in [5.74, 6) is 1.37. The van der Waals surface area contributed by atoms with Gasteiger partial charge in [0.1, 0.15) is 0 Å². The molecule has 3 atom stereocenters. The van der Waals surface area contributed by atoms with Crippen molar-refractivity contribution >= 4 is 0 Å². The molecule has 0 spiro atoms. The number of aliphatic hydroxyl groups is 1. The average Bonchev–Trinajstić information content (AvgIpc) is 2.30. The van der Waals surface area contributed by atoms with Crippen molar-refractivity contribution in [2.75, 3.05) is 0 Å². The highest BCUT2D eigenvalue weighted by atomic mass is 16.6. The zero-order valence-corrected chi connectivity index (χ0v) is 6.36. The van der Waals surface area contributed by atoms with Crippen LogP contribution in [0.1, 0.15) is 12.8 Å². The third-order valence-electron chi connectivity index (χ3n) is 2.53. The van der Waals surface area contributed by atoms with Crippen molar-refractivity contribution in [1.82, 2.24) is 0 Å². The van der Waals surface area contributed by atoms with Gasteiger partial charge in [-0.3, -0.25) is 0 Å². The Morgan fingerprint density at radius 1 is 1.45 bits per heavy atom. The number of aliphatic hydroxyl groups excluding tert-OH is 1. The quantitative estimate of drug-likeness (QED) is 0.532. The molecule has 0 amide bonds. The Balaban J connectivity index is 2.21. The number of fused-ring (bicyclic) bond motifs is 1. The van der Waals surface area contributed by atoms with Crippen molar-refractivity contribution in [3.63, 3.8) is 0 Å². The summed E-state index contributed by atoms with van der Waals surface area (Å²) in [6.45, 7) is 3.77. The van der Waals surface area contributed by atoms with Gasteiger partial charge >= 0.3 is 0 Å². The van der Waals surface area contributed by atoms with Crippen LogP contribution in [0.25, 0.3) is 0 Å². The number of rotatable bonds is 0. The van der Waals surface area contributed by atoms with Gasteiger partial charge in [0, 0.05) is 11.8 Å². The van der Waals surface area contributed by atoms with Crippen LogP contribution in [-0.2, 0) is 4.74 Å². The molecule has 2 unspecified atom stereocenters. The van der Waals surface area contributed by atoms with Gasteiger partial charge in [-0.25, -0.2) is 0 Å². The summed E-state index contributed by atoms with van der Waals surface area (Å²) < 4.78 is 5.13. The molecule has 1 heterocycles. The third-order valence-corrected chi connectivity index (χ3v) is 2.53. The predicted octanol–water partition coefficient (Wildman–Crippen LogP) is 1.43. The van der Waals surface area contributed by atoms with Crippen molar-refractivity contribution in [2.24, 2.45) is 11.8 Å². The van der Waals surface area contributed by atoms with Crippen molar-refractivity contribution < 1.29 is 9.84 Å². The molecule has 11 heavy (non-hydrogen) atoms. The summed E-state index contributed by atoms with van der Waals surface area (Å²) in [6.07, 6.45) is 5.52. The van der Waals surface area contributed by atoms with Gasteiger partial charge in [-0.2, -0.15) is 0 Å². The average molecular weight is 152 g/mol. The second-order valence-corrected chi connectivity index (χ2v) is 3.19. The molecular weight excluding hydrogens is 140 g/mol. The Labute approximate surface area is 66.2 Å². The van der Waals surface area contributed by atoms with Gasteiger partial charge in [0.2, 0.25) is 6.29 Å². The van der Waals surface area contributed by atoms with Gasteiger partial charge < -0.3 is 9.84 Å². The predicted molar refractivity (Wildman–Crippen MR) is 41.6 cm³/mol. The second kappa shape index (κ2) is 2.38. The van der Waals surface area contributed by atoms with Crippen molar-refractivity contribution in [1.29, 1.82) is 0 Å². The first kappa shape index (κ1) is 6.92. The van der Waals surface area contributed by atoms with Crippen LogP contribution < -0.4 is 0 Å². The lowest BCUT2D eigenvalue weighted by Crippen LogP contribution is -2.20. The van der Waals surface area contributed by atoms with Crippen LogP contribution in [0.4, 0.5) is 0 Å². The molecule has 0 bridgehead atoms. The van der Waals surface area contributed by atoms with Gasteiger partial charge in [0.15, 0.2) is 0 Å². The summed E-state index contributed by atoms with van der Waals surface area (Å²) in [5.41, 5.74) is 0. The Morgan fingerprint density at radius 2 is 2.18 bits per heavy atom. The van der Waals surface area contributed by atoms with E-state index in [-0.39, 0.29) is 5.92 Å². The first-order chi connectivity index (χ1) is 5.29. The molecule has 0 radical (unpaired) electrons. The fourth-order valence-electron chi connectivity index (χ4n) is 1.85. The largest absolute Gasteiger partial charge is 0.469 e. The number of hydrogen-bond acceptors (Lipinski definition) is 2. The van der Waals surface area contributed by atoms with E-state index in [0.29, 0.717) is 5.92 Å². The zero-order valence-electron chi connectivity index (χ0n) is 6.36. The summed E-state index contributed by atoms with van der Waals surface area (Å²) >= 11 is 0. The van der Waals surface area contributed by atoms with Gasteiger partial charge in [-0.15, -0.1) is 0 Å². The molecule has 1 fully saturated rings. The van der Waals surface area contributed by atoms with E-state index in [4.69, 9.17) is 4.74 Å². The lowest BCUT2D eigenvalue weighted by atomic mass is 9.84. The third kappa shape index (κ3) is 0.979. The number of allylic oxidation sites excluding steroid dienone is 3. The molecule has 1 N–H and O–H groups in total. The lowest BCUT2D eigenvalue weighted by Gasteiger charge is -2.18. The Hall–Kier alpha value is -0.760. The van der Waals surface area contributed by atoms with Gasteiger partial charge in [-0.1, -0.05) is 18.7 Å². The highest BCUT2D eigenvalue weighted by Crippen LogP contribution is 2.40. The van der Waals surface area contributed by atoms with E-state index in [0.717, 1.165) is 18.6 Å². The van der Waals surface area contributed by atoms with Crippen LogP contribution in [0.15, 0.2) is 24.5 Å². The van der Waals surface area contributed by atoms with Crippen LogP contribution in [-0.4, -0.2) is 11.4 Å². The number of hydrogen-bond donors (Lipinski definition) is 1. The minimum Gasteiger partial charge on any atom is -0.469 e. The standard InChI is InChI=1S/C9H12O2/c1-6-7-4-2-3-5-8(7)9(10)11-6/h2-3,7-10H,1,4-5H2/t7?,8-,9?/m1/s1. The van der Waals surface area contributed by atoms with Crippen LogP contribution >= 0.6 is 0 Å². The van der Waals surface area contributed by atoms with E-state index in [1.165, 1.54) is 0 Å². The molecule has 1 aliphatic carbocycles. The lowest BCUT2D eigenvalue weighted by molar-refractivity contribution is -0.0636. The maximum Gasteiger partial charge on any atom is 0.200 e. The van der Waals surface area contributed by atoms with Crippen LogP contribution in [0, 0.1) is 11.8 Å². The van der Waals surface area contributed by atoms with E-state index >= 15 is 0 Å². The van der Waals surface area contributed by atoms with E-state index in [9.17, 15) is 5.11 Å². The Bertz CT molecular complexity index is 208. The molecule has 2 heteroatoms. The minimum atomic E-state index is -0.613. The topological polar surface area (TPSA) is 29.5 Å². The maximum atomic E-state index is 9.38. The Morgan fingerprint density at radius 3 is 2.91 bits per heavy atom. The first-order valence-electron chi connectivity index (χ1n) is 3.97. The van der Waals surface area contributed by atoms with Gasteiger partial charge in [0.05, 0.1) is 5.76 Å². The second-order valence-electron chi connectivity index (χ2n) is 3.19. The molecule has 1 saturated heterocycles. The van der Waals surface area contributed by atoms with Crippen molar-refractivity contribution in [3.8, 4) is 0 Å². The molecule has 2 rings (SSSR count). The fourth-order valence-corrected chi connectivity index (χ4v) is 1.85. The smallest absolute Gasteiger partial charge is 0.200 e. The normalized spacial score (nSPS) is 41.9. The molecule has 0 aromatic heterocycles. The summed E-state index contributed by atoms with van der Waals surface area (Å²) in [4.78, 5) is 0. The molecule has 0 aromatic carbocycles. The van der Waals surface area contributed by atoms with Crippen molar-refractivity contribution in [2.45, 2.75) is 19.1 Å². The highest BCUT2D eigenvalue weighted by molar-refractivity contribution is 5.09. The molecule has 1 aliphatic heterocycles. The summed E-state index contributed by atoms with van der Waals surface area (Å²) in [5, 5.41) is 9.38. The van der Waals surface area contributed by atoms with E-state index in [1.54, 1.807) is 0 Å². The summed E-state index contributed by atoms with van der Waals surface area (Å²) in [7, 11) is 0. The fraction of sp³-hybridized carbons (Fsp3) is 0.556. The zero-order chi connectivity index (χ0) is 7.84. The van der Waals surface area contributed by atoms with E-state index in [1.807, 2.05) is 0 Å². The van der Waals surface area contributed by atoms with Crippen LogP contribution in [0.3, 0.4) is 0 Å². The first-order valence-corrected chi connectivity index (χ1v) is 3.97. The van der Waals surface area contributed by atoms with E-state index < -0.39 is 6.29 Å². The maximum absolute atomic E-state index is 9.38. The highest BCUT2D eigenvalue weighted by Gasteiger charge is 2.39. The molecule has 0 saturated carbocycles. The number of ether oxygens (including phenoxy) is 1. The van der Waals surface area contributed by atoms with Crippen LogP contribution in [0.2, 0.25) is 0 Å². The van der Waals surface area contributed by atoms with Crippen molar-refractivity contribution in [3.05, 3.63) is 24.5 Å². The molecule has 0 aromatic rings. The molecular formula is C9H12O2. The van der Waals surface area contributed by atoms with Gasteiger partial charge in [0.25, 0.3) is 0 Å². The molecule has 2 aliphatic rings. The van der Waals surface area contributed by atoms with E-state index in [2.05, 4.69) is 18.7 Å². The monoisotopic (exact) mass is 152 g/mol. The SMILES string of the molecule is C=C1OC(O)[C@@H]2CC=CCC12. The van der Waals surface area contributed by atoms with Crippen LogP contribution in [0.5, 0.6) is 0 Å². The summed E-state index contributed by atoms with van der Waals surface area (Å²) in [6, 6.07) is 0.